The van der Waals surface area contributed by atoms with Crippen LogP contribution in [0.5, 0.6) is 0 Å². The molecule has 0 bridgehead atoms. The van der Waals surface area contributed by atoms with Crippen molar-refractivity contribution in [2.45, 2.75) is 11.1 Å². The molecule has 0 fully saturated rings. The lowest BCUT2D eigenvalue weighted by molar-refractivity contribution is 0.611. The van der Waals surface area contributed by atoms with Crippen LogP contribution in [0, 0.1) is 0 Å². The summed E-state index contributed by atoms with van der Waals surface area (Å²) in [5.74, 6) is 0. The zero-order valence-corrected chi connectivity index (χ0v) is 7.55. The zero-order chi connectivity index (χ0) is 6.08. The van der Waals surface area contributed by atoms with Gasteiger partial charge in [0.15, 0.2) is 0 Å². The highest BCUT2D eigenvalue weighted by Gasteiger charge is 2.10. The van der Waals surface area contributed by atoms with Crippen molar-refractivity contribution >= 4 is 39.0 Å². The number of alkyl halides is 1. The van der Waals surface area contributed by atoms with Gasteiger partial charge in [0.2, 0.25) is 8.27 Å². The molecule has 5 heteroatoms. The molecule has 0 aliphatic rings. The average Bonchev–Trinajstić information content (AvgIpc) is 1.31. The highest BCUT2D eigenvalue weighted by Crippen LogP contribution is 2.13. The highest BCUT2D eigenvalue weighted by molar-refractivity contribution is 9.48. The molecule has 0 spiro atoms. The number of halogens is 2. The zero-order valence-electron chi connectivity index (χ0n) is 3.56. The molecule has 0 heterocycles. The lowest BCUT2D eigenvalue weighted by Crippen LogP contribution is -1.99. The van der Waals surface area contributed by atoms with Gasteiger partial charge in [-0.25, -0.2) is 8.42 Å². The van der Waals surface area contributed by atoms with Crippen LogP contribution >= 0.6 is 30.7 Å². The van der Waals surface area contributed by atoms with E-state index in [2.05, 4.69) is 30.7 Å². The predicted molar refractivity (Wildman–Crippen MR) is 36.2 cm³/mol. The van der Waals surface area contributed by atoms with E-state index < -0.39 is 12.4 Å². The van der Waals surface area contributed by atoms with Crippen molar-refractivity contribution in [3.8, 4) is 0 Å². The maximum Gasteiger partial charge on any atom is 0.221 e. The molecule has 0 aliphatic carbocycles. The maximum absolute atomic E-state index is 10.2. The molecule has 1 atom stereocenters. The molecular weight excluding hydrogens is 248 g/mol. The van der Waals surface area contributed by atoms with Crippen LogP contribution in [0.3, 0.4) is 0 Å². The first kappa shape index (κ1) is 7.91. The third-order valence-corrected chi connectivity index (χ3v) is 5.83. The van der Waals surface area contributed by atoms with E-state index in [-0.39, 0.29) is 0 Å². The van der Waals surface area contributed by atoms with Gasteiger partial charge in [0.1, 0.15) is 4.16 Å². The fourth-order valence-corrected chi connectivity index (χ4v) is 0. The van der Waals surface area contributed by atoms with Crippen molar-refractivity contribution < 1.29 is 8.42 Å². The van der Waals surface area contributed by atoms with E-state index in [1.165, 1.54) is 6.92 Å². The predicted octanol–water partition coefficient (Wildman–Crippen LogP) is 1.45. The lowest BCUT2D eigenvalue weighted by atomic mass is 11.0. The van der Waals surface area contributed by atoms with Crippen LogP contribution in [0.25, 0.3) is 0 Å². The summed E-state index contributed by atoms with van der Waals surface area (Å²) < 4.78 is 19.9. The van der Waals surface area contributed by atoms with Crippen molar-refractivity contribution in [2.24, 2.45) is 0 Å². The van der Waals surface area contributed by atoms with Gasteiger partial charge >= 0.3 is 0 Å². The molecule has 0 aliphatic heterocycles. The van der Waals surface area contributed by atoms with Crippen LogP contribution in [-0.4, -0.2) is 12.6 Å². The van der Waals surface area contributed by atoms with E-state index in [1.807, 2.05) is 0 Å². The Morgan fingerprint density at radius 3 is 1.71 bits per heavy atom. The average molecular weight is 252 g/mol. The second-order valence-corrected chi connectivity index (χ2v) is 7.36. The maximum atomic E-state index is 10.2. The molecule has 1 unspecified atom stereocenters. The van der Waals surface area contributed by atoms with Gasteiger partial charge in [0.25, 0.3) is 0 Å². The van der Waals surface area contributed by atoms with Gasteiger partial charge in [-0.3, -0.25) is 0 Å². The number of rotatable bonds is 1. The number of hydrogen-bond donors (Lipinski definition) is 0. The second-order valence-electron chi connectivity index (χ2n) is 1.02. The Morgan fingerprint density at radius 2 is 1.71 bits per heavy atom. The molecule has 0 aromatic heterocycles. The van der Waals surface area contributed by atoms with Crippen LogP contribution in [0.15, 0.2) is 0 Å². The van der Waals surface area contributed by atoms with Crippen LogP contribution in [0.1, 0.15) is 6.92 Å². The molecule has 0 aromatic carbocycles. The van der Waals surface area contributed by atoms with Crippen molar-refractivity contribution in [1.82, 2.24) is 0 Å². The first-order valence-electron chi connectivity index (χ1n) is 1.52. The summed E-state index contributed by atoms with van der Waals surface area (Å²) in [4.78, 5) is 0. The minimum absolute atomic E-state index is 0.500. The molecule has 0 amide bonds. The Kier molecular flexibility index (Phi) is 2.78. The summed E-state index contributed by atoms with van der Waals surface area (Å²) >= 11 is 5.33. The van der Waals surface area contributed by atoms with Crippen LogP contribution in [-0.2, 0) is 8.27 Å². The third-order valence-electron chi connectivity index (χ3n) is 0.388. The van der Waals surface area contributed by atoms with Gasteiger partial charge in [-0.05, 0) is 6.92 Å². The first-order chi connectivity index (χ1) is 2.94. The molecule has 2 nitrogen and oxygen atoms in total. The largest absolute Gasteiger partial charge is 0.221 e. The Balaban J connectivity index is 4.10. The molecule has 0 saturated carbocycles. The second kappa shape index (κ2) is 2.46. The fourth-order valence-electron chi connectivity index (χ4n) is 0. The molecule has 44 valence electrons. The Morgan fingerprint density at radius 1 is 1.57 bits per heavy atom. The van der Waals surface area contributed by atoms with E-state index in [0.29, 0.717) is 0 Å². The normalized spacial score (nSPS) is 16.4. The minimum Gasteiger partial charge on any atom is -0.216 e. The fraction of sp³-hybridized carbons (Fsp3) is 1.00. The molecule has 0 rings (SSSR count). The quantitative estimate of drug-likeness (QED) is 0.522. The standard InChI is InChI=1S/C2H4Br2O2S/c1-2(3)7(4,5)6/h2H,1H3. The Hall–Kier alpha value is 0.910. The summed E-state index contributed by atoms with van der Waals surface area (Å²) in [5, 5.41) is 0. The molecule has 0 N–H and O–H groups in total. The Labute approximate surface area is 58.5 Å². The van der Waals surface area contributed by atoms with Crippen molar-refractivity contribution in [3.63, 3.8) is 0 Å². The van der Waals surface area contributed by atoms with E-state index in [9.17, 15) is 8.42 Å². The summed E-state index contributed by atoms with van der Waals surface area (Å²) in [6.45, 7) is 1.53. The van der Waals surface area contributed by atoms with E-state index in [4.69, 9.17) is 0 Å². The van der Waals surface area contributed by atoms with Gasteiger partial charge in [0, 0.05) is 0 Å². The van der Waals surface area contributed by atoms with Crippen molar-refractivity contribution in [1.29, 1.82) is 0 Å². The van der Waals surface area contributed by atoms with E-state index in [0.717, 1.165) is 0 Å². The molecule has 0 aromatic rings. The smallest absolute Gasteiger partial charge is 0.216 e. The van der Waals surface area contributed by atoms with Crippen LogP contribution < -0.4 is 0 Å². The van der Waals surface area contributed by atoms with E-state index >= 15 is 0 Å². The third kappa shape index (κ3) is 3.49. The van der Waals surface area contributed by atoms with Gasteiger partial charge in [-0.2, -0.15) is 0 Å². The topological polar surface area (TPSA) is 34.1 Å². The van der Waals surface area contributed by atoms with Crippen molar-refractivity contribution in [2.75, 3.05) is 0 Å². The molecule has 7 heavy (non-hydrogen) atoms. The van der Waals surface area contributed by atoms with Gasteiger partial charge in [0.05, 0.1) is 14.8 Å². The van der Waals surface area contributed by atoms with Gasteiger partial charge in [-0.15, -0.1) is 0 Å². The molecule has 0 saturated heterocycles. The van der Waals surface area contributed by atoms with Crippen molar-refractivity contribution in [3.05, 3.63) is 0 Å². The highest BCUT2D eigenvalue weighted by atomic mass is 79.9. The Bertz CT molecular complexity index is 136. The summed E-state index contributed by atoms with van der Waals surface area (Å²) in [6, 6.07) is 0. The minimum atomic E-state index is -3.01. The van der Waals surface area contributed by atoms with Crippen LogP contribution in [0.2, 0.25) is 0 Å². The first-order valence-corrected chi connectivity index (χ1v) is 5.82. The summed E-state index contributed by atoms with van der Waals surface area (Å²) in [5.41, 5.74) is 0. The summed E-state index contributed by atoms with van der Waals surface area (Å²) in [7, 11) is -3.01. The summed E-state index contributed by atoms with van der Waals surface area (Å²) in [6.07, 6.45) is 0. The van der Waals surface area contributed by atoms with Crippen LogP contribution in [0.4, 0.5) is 0 Å². The number of hydrogen-bond acceptors (Lipinski definition) is 2. The molecule has 0 radical (unpaired) electrons. The van der Waals surface area contributed by atoms with Gasteiger partial charge < -0.3 is 0 Å². The monoisotopic (exact) mass is 250 g/mol. The lowest BCUT2D eigenvalue weighted by Gasteiger charge is -1.91. The SMILES string of the molecule is CC(Br)S(=O)(=O)Br. The van der Waals surface area contributed by atoms with Gasteiger partial charge in [-0.1, -0.05) is 15.9 Å². The molecular formula is C2H4Br2O2S. The van der Waals surface area contributed by atoms with E-state index in [1.54, 1.807) is 0 Å².